The van der Waals surface area contributed by atoms with Crippen molar-refractivity contribution in [2.24, 2.45) is 10.3 Å². The van der Waals surface area contributed by atoms with Crippen LogP contribution in [0.3, 0.4) is 0 Å². The summed E-state index contributed by atoms with van der Waals surface area (Å²) < 4.78 is 77.1. The Labute approximate surface area is 289 Å². The van der Waals surface area contributed by atoms with Gasteiger partial charge in [0.05, 0.1) is 11.1 Å². The van der Waals surface area contributed by atoms with E-state index in [1.54, 1.807) is 0 Å². The first-order valence-electron chi connectivity index (χ1n) is 14.6. The van der Waals surface area contributed by atoms with E-state index in [0.717, 1.165) is 67.1 Å². The van der Waals surface area contributed by atoms with E-state index < -0.39 is 23.5 Å². The summed E-state index contributed by atoms with van der Waals surface area (Å²) in [6.07, 6.45) is -5.00. The van der Waals surface area contributed by atoms with Crippen LogP contribution in [0.5, 0.6) is 0 Å². The molecule has 0 spiro atoms. The largest absolute Gasteiger partial charge is 0.417 e. The minimum atomic E-state index is -4.37. The van der Waals surface area contributed by atoms with Crippen LogP contribution in [0.4, 0.5) is 26.3 Å². The number of oxime groups is 2. The summed E-state index contributed by atoms with van der Waals surface area (Å²) in [6, 6.07) is 16.9. The molecule has 0 saturated heterocycles. The number of hydrogen-bond donors (Lipinski definition) is 0. The highest BCUT2D eigenvalue weighted by molar-refractivity contribution is 9.18. The first-order chi connectivity index (χ1) is 22.7. The minimum Gasteiger partial charge on any atom is -0.386 e. The summed E-state index contributed by atoms with van der Waals surface area (Å²) in [5.41, 5.74) is 5.80. The molecule has 2 aromatic heterocycles. The zero-order chi connectivity index (χ0) is 34.6. The molecule has 14 heteroatoms. The van der Waals surface area contributed by atoms with E-state index in [1.165, 1.54) is 12.1 Å². The van der Waals surface area contributed by atoms with Crippen LogP contribution in [0, 0.1) is 13.8 Å². The Balaban J connectivity index is 0.000000188. The molecule has 252 valence electrons. The number of halogens is 8. The van der Waals surface area contributed by atoms with Gasteiger partial charge in [0.1, 0.15) is 9.24 Å². The van der Waals surface area contributed by atoms with Gasteiger partial charge in [0.25, 0.3) is 0 Å². The van der Waals surface area contributed by atoms with Crippen LogP contribution in [0.1, 0.15) is 80.9 Å². The van der Waals surface area contributed by atoms with Gasteiger partial charge in [-0.3, -0.25) is 9.97 Å². The molecule has 0 bridgehead atoms. The van der Waals surface area contributed by atoms with E-state index in [-0.39, 0.29) is 12.2 Å². The zero-order valence-corrected chi connectivity index (χ0v) is 28.7. The average molecular weight is 798 g/mol. The molecular formula is C34H28Br2F6N4O2. The lowest BCUT2D eigenvalue weighted by Crippen LogP contribution is -2.06. The molecule has 6 rings (SSSR count). The number of hydrogen-bond acceptors (Lipinski definition) is 6. The van der Waals surface area contributed by atoms with Crippen molar-refractivity contribution in [3.63, 3.8) is 0 Å². The smallest absolute Gasteiger partial charge is 0.386 e. The molecule has 0 amide bonds. The van der Waals surface area contributed by atoms with E-state index in [2.05, 4.69) is 52.1 Å². The van der Waals surface area contributed by atoms with Crippen molar-refractivity contribution in [1.29, 1.82) is 0 Å². The second-order valence-electron chi connectivity index (χ2n) is 11.3. The van der Waals surface area contributed by atoms with Crippen LogP contribution >= 0.6 is 31.9 Å². The van der Waals surface area contributed by atoms with Crippen molar-refractivity contribution >= 4 is 41.1 Å². The van der Waals surface area contributed by atoms with E-state index in [4.69, 9.17) is 9.68 Å². The van der Waals surface area contributed by atoms with Gasteiger partial charge in [-0.1, -0.05) is 46.7 Å². The van der Waals surface area contributed by atoms with Gasteiger partial charge in [-0.25, -0.2) is 0 Å². The fourth-order valence-corrected chi connectivity index (χ4v) is 5.76. The maximum Gasteiger partial charge on any atom is 0.417 e. The molecule has 0 saturated carbocycles. The lowest BCUT2D eigenvalue weighted by molar-refractivity contribution is -0.138. The fraction of sp³-hybridized carbons (Fsp3) is 0.294. The number of aryl methyl sites for hydroxylation is 2. The highest BCUT2D eigenvalue weighted by Crippen LogP contribution is 2.33. The Bertz CT molecular complexity index is 1680. The van der Waals surface area contributed by atoms with Gasteiger partial charge in [0.15, 0.2) is 12.2 Å². The fourth-order valence-electron chi connectivity index (χ4n) is 5.00. The van der Waals surface area contributed by atoms with E-state index in [0.29, 0.717) is 37.1 Å². The lowest BCUT2D eigenvalue weighted by Gasteiger charge is -2.13. The van der Waals surface area contributed by atoms with Crippen LogP contribution in [0.2, 0.25) is 0 Å². The van der Waals surface area contributed by atoms with Crippen LogP contribution in [-0.2, 0) is 34.9 Å². The monoisotopic (exact) mass is 796 g/mol. The Morgan fingerprint density at radius 2 is 1.02 bits per heavy atom. The van der Waals surface area contributed by atoms with Gasteiger partial charge in [-0.2, -0.15) is 26.3 Å². The molecule has 2 aliphatic rings. The van der Waals surface area contributed by atoms with Crippen LogP contribution < -0.4 is 0 Å². The minimum absolute atomic E-state index is 0.140. The molecule has 4 aromatic rings. The number of pyridine rings is 2. The maximum absolute atomic E-state index is 12.6. The normalized spacial score (nSPS) is 17.5. The Morgan fingerprint density at radius 3 is 1.31 bits per heavy atom. The summed E-state index contributed by atoms with van der Waals surface area (Å²) >= 11 is 6.62. The predicted octanol–water partition coefficient (Wildman–Crippen LogP) is 10.3. The summed E-state index contributed by atoms with van der Waals surface area (Å²) in [5.74, 6) is 0. The Kier molecular flexibility index (Phi) is 10.9. The van der Waals surface area contributed by atoms with Gasteiger partial charge in [-0.15, -0.1) is 0 Å². The molecular weight excluding hydrogens is 770 g/mol. The van der Waals surface area contributed by atoms with Gasteiger partial charge in [0.2, 0.25) is 0 Å². The molecule has 2 aliphatic heterocycles. The SMILES string of the molecule is Cc1ccc([C@@H]2CC(Br)=NO2)cc1Cc1ccc(C(F)(F)F)cn1.Cc1ccc([C@H]2CC(Br)=NO2)cc1Cc1ccc(C(F)(F)F)cn1. The third-order valence-electron chi connectivity index (χ3n) is 7.80. The maximum atomic E-state index is 12.6. The number of alkyl halides is 6. The molecule has 0 N–H and O–H groups in total. The number of nitrogens with zero attached hydrogens (tertiary/aromatic N) is 4. The van der Waals surface area contributed by atoms with Crippen molar-refractivity contribution < 1.29 is 36.0 Å². The first-order valence-corrected chi connectivity index (χ1v) is 16.2. The van der Waals surface area contributed by atoms with Crippen molar-refractivity contribution in [2.45, 2.75) is 64.1 Å². The molecule has 2 atom stereocenters. The number of aromatic nitrogens is 2. The molecule has 0 radical (unpaired) electrons. The van der Waals surface area contributed by atoms with Gasteiger partial charge < -0.3 is 9.68 Å². The first kappa shape index (κ1) is 35.5. The standard InChI is InChI=1S/2C17H14BrF3N2O/c2*1-10-2-3-11(15-8-16(18)23-24-15)6-12(10)7-14-5-4-13(9-22-14)17(19,20)21/h2*2-6,9,15H,7-8H2,1H3/t2*15-/m10/s1. The number of benzene rings is 2. The molecule has 0 fully saturated rings. The second kappa shape index (κ2) is 14.8. The molecule has 0 aliphatic carbocycles. The Hall–Kier alpha value is -3.78. The van der Waals surface area contributed by atoms with Gasteiger partial charge >= 0.3 is 12.4 Å². The second-order valence-corrected chi connectivity index (χ2v) is 13.2. The van der Waals surface area contributed by atoms with Crippen LogP contribution in [0.25, 0.3) is 0 Å². The quantitative estimate of drug-likeness (QED) is 0.182. The highest BCUT2D eigenvalue weighted by Gasteiger charge is 2.31. The van der Waals surface area contributed by atoms with Gasteiger partial charge in [0, 0.05) is 49.5 Å². The summed E-state index contributed by atoms with van der Waals surface area (Å²) in [6.45, 7) is 3.93. The zero-order valence-electron chi connectivity index (χ0n) is 25.5. The summed E-state index contributed by atoms with van der Waals surface area (Å²) in [4.78, 5) is 18.6. The van der Waals surface area contributed by atoms with E-state index in [9.17, 15) is 26.3 Å². The van der Waals surface area contributed by atoms with Crippen LogP contribution in [-0.4, -0.2) is 19.2 Å². The number of rotatable bonds is 6. The molecule has 48 heavy (non-hydrogen) atoms. The third kappa shape index (κ3) is 9.22. The van der Waals surface area contributed by atoms with Crippen molar-refractivity contribution in [3.05, 3.63) is 129 Å². The van der Waals surface area contributed by atoms with Gasteiger partial charge in [-0.05, 0) is 103 Å². The average Bonchev–Trinajstić information content (AvgIpc) is 3.67. The van der Waals surface area contributed by atoms with E-state index >= 15 is 0 Å². The summed E-state index contributed by atoms with van der Waals surface area (Å²) in [5, 5.41) is 7.75. The van der Waals surface area contributed by atoms with Crippen molar-refractivity contribution in [3.8, 4) is 0 Å². The molecule has 0 unspecified atom stereocenters. The van der Waals surface area contributed by atoms with Crippen LogP contribution in [0.15, 0.2) is 83.4 Å². The van der Waals surface area contributed by atoms with E-state index in [1.807, 2.05) is 50.2 Å². The molecule has 6 nitrogen and oxygen atoms in total. The van der Waals surface area contributed by atoms with Crippen molar-refractivity contribution in [1.82, 2.24) is 9.97 Å². The lowest BCUT2D eigenvalue weighted by atomic mass is 9.97. The topological polar surface area (TPSA) is 69.0 Å². The Morgan fingerprint density at radius 1 is 0.625 bits per heavy atom. The molecule has 4 heterocycles. The van der Waals surface area contributed by atoms with Crippen molar-refractivity contribution in [2.75, 3.05) is 0 Å². The predicted molar refractivity (Wildman–Crippen MR) is 176 cm³/mol. The summed E-state index contributed by atoms with van der Waals surface area (Å²) in [7, 11) is 0. The molecule has 2 aromatic carbocycles. The highest BCUT2D eigenvalue weighted by atomic mass is 79.9. The third-order valence-corrected chi connectivity index (χ3v) is 8.74.